The van der Waals surface area contributed by atoms with Gasteiger partial charge in [-0.2, -0.15) is 0 Å². The number of hydrogen-bond donors (Lipinski definition) is 0. The van der Waals surface area contributed by atoms with E-state index in [-0.39, 0.29) is 0 Å². The summed E-state index contributed by atoms with van der Waals surface area (Å²) in [6, 6.07) is 9.36. The number of halogens is 1. The molecule has 0 unspecified atom stereocenters. The zero-order chi connectivity index (χ0) is 8.97. The average Bonchev–Trinajstić information content (AvgIpc) is 2.10. The van der Waals surface area contributed by atoms with Crippen LogP contribution in [0, 0.1) is 9.64 Å². The Kier molecular flexibility index (Phi) is 3.85. The van der Waals surface area contributed by atoms with Crippen molar-refractivity contribution in [3.8, 4) is 0 Å². The molecule has 0 heterocycles. The molecule has 0 aromatic heterocycles. The molecule has 0 saturated heterocycles. The second-order valence-electron chi connectivity index (χ2n) is 2.54. The third-order valence-corrected chi connectivity index (χ3v) is 2.74. The van der Waals surface area contributed by atoms with Gasteiger partial charge in [-0.05, 0) is 42.5 Å². The highest BCUT2D eigenvalue weighted by Crippen LogP contribution is 2.20. The van der Waals surface area contributed by atoms with Gasteiger partial charge in [0.25, 0.3) is 0 Å². The van der Waals surface area contributed by atoms with Crippen LogP contribution in [0.5, 0.6) is 0 Å². The van der Waals surface area contributed by atoms with Crippen molar-refractivity contribution >= 4 is 28.3 Å². The zero-order valence-electron chi connectivity index (χ0n) is 7.47. The van der Waals surface area contributed by atoms with E-state index in [1.807, 2.05) is 12.1 Å². The van der Waals surface area contributed by atoms with Crippen LogP contribution in [0.2, 0.25) is 0 Å². The van der Waals surface area contributed by atoms with E-state index in [1.165, 1.54) is 9.26 Å². The maximum absolute atomic E-state index is 3.26. The van der Waals surface area contributed by atoms with Crippen LogP contribution < -0.4 is 4.90 Å². The molecule has 0 bridgehead atoms. The second kappa shape index (κ2) is 4.70. The molecule has 0 N–H and O–H groups in total. The molecule has 1 aromatic carbocycles. The molecule has 12 heavy (non-hydrogen) atoms. The summed E-state index contributed by atoms with van der Waals surface area (Å²) in [6.07, 6.45) is 0. The van der Waals surface area contributed by atoms with Crippen LogP contribution in [0.4, 0.5) is 5.69 Å². The van der Waals surface area contributed by atoms with Gasteiger partial charge >= 0.3 is 0 Å². The van der Waals surface area contributed by atoms with Gasteiger partial charge in [-0.3, -0.25) is 0 Å². The largest absolute Gasteiger partial charge is 0.371 e. The van der Waals surface area contributed by atoms with Crippen LogP contribution in [0.15, 0.2) is 18.2 Å². The summed E-state index contributed by atoms with van der Waals surface area (Å²) in [5.41, 5.74) is 1.23. The molecule has 1 rings (SSSR count). The van der Waals surface area contributed by atoms with Crippen molar-refractivity contribution in [3.05, 3.63) is 27.8 Å². The average molecular weight is 274 g/mol. The molecule has 0 aliphatic heterocycles. The standard InChI is InChI=1S/C10H13IN/c1-3-12(4-2)10-8-6-5-7-9(10)11/h5-7H,3-4H2,1-2H3. The lowest BCUT2D eigenvalue weighted by atomic mass is 10.3. The Balaban J connectivity index is 2.92. The van der Waals surface area contributed by atoms with Crippen LogP contribution in [0.3, 0.4) is 0 Å². The lowest BCUT2D eigenvalue weighted by Crippen LogP contribution is -2.22. The molecule has 0 spiro atoms. The van der Waals surface area contributed by atoms with E-state index in [9.17, 15) is 0 Å². The van der Waals surface area contributed by atoms with Gasteiger partial charge in [0.2, 0.25) is 0 Å². The zero-order valence-corrected chi connectivity index (χ0v) is 9.63. The first-order valence-corrected chi connectivity index (χ1v) is 5.28. The number of para-hydroxylation sites is 1. The molecule has 2 heteroatoms. The Morgan fingerprint density at radius 1 is 1.42 bits per heavy atom. The molecule has 1 nitrogen and oxygen atoms in total. The number of rotatable bonds is 3. The molecule has 1 radical (unpaired) electrons. The lowest BCUT2D eigenvalue weighted by Gasteiger charge is -2.21. The highest BCUT2D eigenvalue weighted by Gasteiger charge is 2.04. The SMILES string of the molecule is CCN(CC)c1[c]cccc1I. The van der Waals surface area contributed by atoms with Gasteiger partial charge in [0.1, 0.15) is 0 Å². The first-order chi connectivity index (χ1) is 5.79. The number of benzene rings is 1. The highest BCUT2D eigenvalue weighted by molar-refractivity contribution is 14.1. The van der Waals surface area contributed by atoms with Gasteiger partial charge < -0.3 is 4.90 Å². The van der Waals surface area contributed by atoms with E-state index in [4.69, 9.17) is 0 Å². The monoisotopic (exact) mass is 274 g/mol. The predicted octanol–water partition coefficient (Wildman–Crippen LogP) is 2.94. The minimum absolute atomic E-state index is 1.05. The van der Waals surface area contributed by atoms with Gasteiger partial charge in [-0.25, -0.2) is 0 Å². The van der Waals surface area contributed by atoms with Gasteiger partial charge in [0, 0.05) is 22.7 Å². The summed E-state index contributed by atoms with van der Waals surface area (Å²) >= 11 is 2.35. The molecule has 0 aliphatic rings. The Labute approximate surface area is 87.9 Å². The minimum Gasteiger partial charge on any atom is -0.371 e. The van der Waals surface area contributed by atoms with Crippen molar-refractivity contribution in [2.45, 2.75) is 13.8 Å². The third kappa shape index (κ3) is 2.12. The van der Waals surface area contributed by atoms with Crippen molar-refractivity contribution in [3.63, 3.8) is 0 Å². The summed E-state index contributed by atoms with van der Waals surface area (Å²) in [6.45, 7) is 6.43. The van der Waals surface area contributed by atoms with Crippen molar-refractivity contribution < 1.29 is 0 Å². The normalized spacial score (nSPS) is 9.92. The van der Waals surface area contributed by atoms with E-state index >= 15 is 0 Å². The minimum atomic E-state index is 1.05. The van der Waals surface area contributed by atoms with E-state index in [2.05, 4.69) is 53.5 Å². The Morgan fingerprint density at radius 2 is 2.08 bits per heavy atom. The summed E-state index contributed by atoms with van der Waals surface area (Å²) in [7, 11) is 0. The molecular formula is C10H13IN. The van der Waals surface area contributed by atoms with Crippen molar-refractivity contribution in [1.82, 2.24) is 0 Å². The van der Waals surface area contributed by atoms with Crippen LogP contribution in [0.1, 0.15) is 13.8 Å². The van der Waals surface area contributed by atoms with Crippen molar-refractivity contribution in [2.24, 2.45) is 0 Å². The maximum Gasteiger partial charge on any atom is 0.0582 e. The van der Waals surface area contributed by atoms with Gasteiger partial charge in [-0.1, -0.05) is 12.1 Å². The van der Waals surface area contributed by atoms with Gasteiger partial charge in [-0.15, -0.1) is 0 Å². The van der Waals surface area contributed by atoms with E-state index in [0.717, 1.165) is 13.1 Å². The van der Waals surface area contributed by atoms with Gasteiger partial charge in [0.05, 0.1) is 5.69 Å². The highest BCUT2D eigenvalue weighted by atomic mass is 127. The molecule has 0 amide bonds. The molecule has 0 aliphatic carbocycles. The van der Waals surface area contributed by atoms with E-state index < -0.39 is 0 Å². The van der Waals surface area contributed by atoms with E-state index in [1.54, 1.807) is 0 Å². The van der Waals surface area contributed by atoms with Crippen LogP contribution in [-0.4, -0.2) is 13.1 Å². The number of hydrogen-bond acceptors (Lipinski definition) is 1. The lowest BCUT2D eigenvalue weighted by molar-refractivity contribution is 0.862. The number of anilines is 1. The predicted molar refractivity (Wildman–Crippen MR) is 61.6 cm³/mol. The summed E-state index contributed by atoms with van der Waals surface area (Å²) in [5.74, 6) is 0. The van der Waals surface area contributed by atoms with Crippen LogP contribution >= 0.6 is 22.6 Å². The van der Waals surface area contributed by atoms with Crippen LogP contribution in [0.25, 0.3) is 0 Å². The Bertz CT molecular complexity index is 243. The Morgan fingerprint density at radius 3 is 2.58 bits per heavy atom. The fourth-order valence-electron chi connectivity index (χ4n) is 1.19. The van der Waals surface area contributed by atoms with E-state index in [0.29, 0.717) is 0 Å². The molecular weight excluding hydrogens is 261 g/mol. The Hall–Kier alpha value is -0.250. The molecule has 0 saturated carbocycles. The maximum atomic E-state index is 3.26. The molecule has 0 fully saturated rings. The van der Waals surface area contributed by atoms with Gasteiger partial charge in [0.15, 0.2) is 0 Å². The molecule has 0 atom stereocenters. The summed E-state index contributed by atoms with van der Waals surface area (Å²) in [5, 5.41) is 0. The molecule has 1 aromatic rings. The summed E-state index contributed by atoms with van der Waals surface area (Å²) in [4.78, 5) is 2.31. The first-order valence-electron chi connectivity index (χ1n) is 4.20. The molecule has 65 valence electrons. The summed E-state index contributed by atoms with van der Waals surface area (Å²) < 4.78 is 1.28. The van der Waals surface area contributed by atoms with Crippen molar-refractivity contribution in [2.75, 3.05) is 18.0 Å². The van der Waals surface area contributed by atoms with Crippen molar-refractivity contribution in [1.29, 1.82) is 0 Å². The fourth-order valence-corrected chi connectivity index (χ4v) is 1.89. The smallest absolute Gasteiger partial charge is 0.0582 e. The topological polar surface area (TPSA) is 3.24 Å². The number of nitrogens with zero attached hydrogens (tertiary/aromatic N) is 1. The third-order valence-electron chi connectivity index (χ3n) is 1.86. The quantitative estimate of drug-likeness (QED) is 0.766. The fraction of sp³-hybridized carbons (Fsp3) is 0.400. The van der Waals surface area contributed by atoms with Crippen LogP contribution in [-0.2, 0) is 0 Å². The first kappa shape index (κ1) is 9.84. The second-order valence-corrected chi connectivity index (χ2v) is 3.70.